The lowest BCUT2D eigenvalue weighted by Gasteiger charge is -2.31. The zero-order chi connectivity index (χ0) is 12.0. The highest BCUT2D eigenvalue weighted by atomic mass is 32.2. The summed E-state index contributed by atoms with van der Waals surface area (Å²) < 4.78 is 22.0. The first-order valence-electron chi connectivity index (χ1n) is 6.06. The summed E-state index contributed by atoms with van der Waals surface area (Å²) in [4.78, 5) is 2.39. The third-order valence-corrected chi connectivity index (χ3v) is 4.22. The van der Waals surface area contributed by atoms with E-state index in [9.17, 15) is 8.42 Å². The van der Waals surface area contributed by atoms with Crippen LogP contribution in [0.5, 0.6) is 0 Å². The van der Waals surface area contributed by atoms with Crippen molar-refractivity contribution < 1.29 is 8.42 Å². The Morgan fingerprint density at radius 2 is 1.94 bits per heavy atom. The smallest absolute Gasteiger partial charge is 0.147 e. The minimum atomic E-state index is -2.78. The van der Waals surface area contributed by atoms with Gasteiger partial charge in [0.15, 0.2) is 0 Å². The Morgan fingerprint density at radius 3 is 2.44 bits per heavy atom. The summed E-state index contributed by atoms with van der Waals surface area (Å²) in [6, 6.07) is 0. The van der Waals surface area contributed by atoms with Crippen molar-refractivity contribution in [2.45, 2.75) is 19.3 Å². The number of hydrogen-bond donors (Lipinski definition) is 1. The second-order valence-electron chi connectivity index (χ2n) is 4.83. The van der Waals surface area contributed by atoms with Gasteiger partial charge in [-0.25, -0.2) is 8.42 Å². The van der Waals surface area contributed by atoms with Gasteiger partial charge in [-0.15, -0.1) is 0 Å². The number of rotatable bonds is 6. The van der Waals surface area contributed by atoms with Crippen LogP contribution in [0.15, 0.2) is 0 Å². The number of piperidine rings is 1. The molecule has 0 aliphatic carbocycles. The molecule has 1 aliphatic heterocycles. The van der Waals surface area contributed by atoms with Crippen molar-refractivity contribution in [1.29, 1.82) is 0 Å². The molecule has 0 spiro atoms. The van der Waals surface area contributed by atoms with Crippen LogP contribution in [0, 0.1) is 5.92 Å². The Bertz CT molecular complexity index is 282. The number of hydrogen-bond acceptors (Lipinski definition) is 4. The van der Waals surface area contributed by atoms with Crippen molar-refractivity contribution in [3.05, 3.63) is 0 Å². The van der Waals surface area contributed by atoms with E-state index in [4.69, 9.17) is 0 Å². The molecule has 0 unspecified atom stereocenters. The molecule has 5 heteroatoms. The maximum absolute atomic E-state index is 11.0. The lowest BCUT2D eigenvalue weighted by molar-refractivity contribution is 0.184. The predicted octanol–water partition coefficient (Wildman–Crippen LogP) is 0.353. The van der Waals surface area contributed by atoms with E-state index in [1.165, 1.54) is 19.1 Å². The maximum Gasteiger partial charge on any atom is 0.147 e. The average molecular weight is 248 g/mol. The molecular weight excluding hydrogens is 224 g/mol. The summed E-state index contributed by atoms with van der Waals surface area (Å²) in [6.07, 6.45) is 4.56. The zero-order valence-corrected chi connectivity index (χ0v) is 11.2. The third-order valence-electron chi connectivity index (χ3n) is 3.19. The fraction of sp³-hybridized carbons (Fsp3) is 1.00. The van der Waals surface area contributed by atoms with E-state index >= 15 is 0 Å². The highest BCUT2D eigenvalue weighted by Crippen LogP contribution is 2.16. The van der Waals surface area contributed by atoms with Crippen LogP contribution in [0.1, 0.15) is 19.3 Å². The first-order valence-corrected chi connectivity index (χ1v) is 8.12. The van der Waals surface area contributed by atoms with Crippen molar-refractivity contribution in [1.82, 2.24) is 10.2 Å². The van der Waals surface area contributed by atoms with Gasteiger partial charge in [-0.3, -0.25) is 0 Å². The molecule has 0 saturated carbocycles. The van der Waals surface area contributed by atoms with Gasteiger partial charge in [0.25, 0.3) is 0 Å². The van der Waals surface area contributed by atoms with Gasteiger partial charge < -0.3 is 10.2 Å². The van der Waals surface area contributed by atoms with Crippen molar-refractivity contribution in [2.75, 3.05) is 45.2 Å². The quantitative estimate of drug-likeness (QED) is 0.737. The molecule has 1 N–H and O–H groups in total. The highest BCUT2D eigenvalue weighted by Gasteiger charge is 2.18. The normalized spacial score (nSPS) is 20.1. The molecule has 0 amide bonds. The molecule has 16 heavy (non-hydrogen) atoms. The van der Waals surface area contributed by atoms with Crippen LogP contribution in [0.2, 0.25) is 0 Å². The van der Waals surface area contributed by atoms with Gasteiger partial charge in [-0.1, -0.05) is 0 Å². The predicted molar refractivity (Wildman–Crippen MR) is 67.4 cm³/mol. The topological polar surface area (TPSA) is 49.4 Å². The van der Waals surface area contributed by atoms with Crippen LogP contribution in [0.3, 0.4) is 0 Å². The van der Waals surface area contributed by atoms with E-state index < -0.39 is 9.84 Å². The third kappa shape index (κ3) is 5.82. The van der Waals surface area contributed by atoms with E-state index in [0.717, 1.165) is 38.5 Å². The molecule has 0 bridgehead atoms. The Kier molecular flexibility index (Phi) is 5.72. The van der Waals surface area contributed by atoms with E-state index in [0.29, 0.717) is 5.75 Å². The lowest BCUT2D eigenvalue weighted by Crippen LogP contribution is -2.37. The van der Waals surface area contributed by atoms with Gasteiger partial charge in [0.2, 0.25) is 0 Å². The molecule has 4 nitrogen and oxygen atoms in total. The maximum atomic E-state index is 11.0. The summed E-state index contributed by atoms with van der Waals surface area (Å²) in [7, 11) is -0.782. The van der Waals surface area contributed by atoms with Crippen LogP contribution in [-0.4, -0.2) is 58.6 Å². The molecule has 0 aromatic carbocycles. The van der Waals surface area contributed by atoms with Crippen LogP contribution < -0.4 is 5.32 Å². The molecule has 1 fully saturated rings. The molecule has 1 rings (SSSR count). The molecule has 1 aliphatic rings. The van der Waals surface area contributed by atoms with Crippen LogP contribution >= 0.6 is 0 Å². The van der Waals surface area contributed by atoms with Crippen LogP contribution in [-0.2, 0) is 9.84 Å². The molecular formula is C11H24N2O2S. The van der Waals surface area contributed by atoms with Crippen molar-refractivity contribution in [3.8, 4) is 0 Å². The largest absolute Gasteiger partial charge is 0.319 e. The van der Waals surface area contributed by atoms with Gasteiger partial charge in [-0.05, 0) is 58.4 Å². The van der Waals surface area contributed by atoms with E-state index in [2.05, 4.69) is 10.2 Å². The fourth-order valence-electron chi connectivity index (χ4n) is 2.25. The SMILES string of the molecule is CNCC1CCN(CCCS(C)(=O)=O)CC1. The van der Waals surface area contributed by atoms with Crippen LogP contribution in [0.4, 0.5) is 0 Å². The van der Waals surface area contributed by atoms with E-state index in [1.54, 1.807) is 0 Å². The summed E-state index contributed by atoms with van der Waals surface area (Å²) in [5.41, 5.74) is 0. The first-order chi connectivity index (χ1) is 7.51. The molecule has 96 valence electrons. The fourth-order valence-corrected chi connectivity index (χ4v) is 2.91. The molecule has 0 radical (unpaired) electrons. The Labute approximate surface area is 99.3 Å². The van der Waals surface area contributed by atoms with Crippen molar-refractivity contribution in [2.24, 2.45) is 5.92 Å². The van der Waals surface area contributed by atoms with E-state index in [-0.39, 0.29) is 0 Å². The van der Waals surface area contributed by atoms with Crippen LogP contribution in [0.25, 0.3) is 0 Å². The highest BCUT2D eigenvalue weighted by molar-refractivity contribution is 7.90. The van der Waals surface area contributed by atoms with Crippen molar-refractivity contribution in [3.63, 3.8) is 0 Å². The summed E-state index contributed by atoms with van der Waals surface area (Å²) >= 11 is 0. The summed E-state index contributed by atoms with van der Waals surface area (Å²) in [5, 5.41) is 3.22. The zero-order valence-electron chi connectivity index (χ0n) is 10.4. The lowest BCUT2D eigenvalue weighted by atomic mass is 9.97. The van der Waals surface area contributed by atoms with Gasteiger partial charge in [0, 0.05) is 6.26 Å². The minimum Gasteiger partial charge on any atom is -0.319 e. The second kappa shape index (κ2) is 6.57. The number of likely N-dealkylation sites (tertiary alicyclic amines) is 1. The second-order valence-corrected chi connectivity index (χ2v) is 7.09. The Morgan fingerprint density at radius 1 is 1.31 bits per heavy atom. The first kappa shape index (κ1) is 13.9. The molecule has 1 heterocycles. The van der Waals surface area contributed by atoms with E-state index in [1.807, 2.05) is 7.05 Å². The van der Waals surface area contributed by atoms with Gasteiger partial charge in [0.1, 0.15) is 9.84 Å². The summed E-state index contributed by atoms with van der Waals surface area (Å²) in [6.45, 7) is 4.28. The number of sulfone groups is 1. The monoisotopic (exact) mass is 248 g/mol. The van der Waals surface area contributed by atoms with Gasteiger partial charge in [-0.2, -0.15) is 0 Å². The standard InChI is InChI=1S/C11H24N2O2S/c1-12-10-11-4-7-13(8-5-11)6-3-9-16(2,14)15/h11-12H,3-10H2,1-2H3. The van der Waals surface area contributed by atoms with Gasteiger partial charge >= 0.3 is 0 Å². The summed E-state index contributed by atoms with van der Waals surface area (Å²) in [5.74, 6) is 1.12. The number of nitrogens with zero attached hydrogens (tertiary/aromatic N) is 1. The average Bonchev–Trinajstić information content (AvgIpc) is 2.19. The minimum absolute atomic E-state index is 0.323. The van der Waals surface area contributed by atoms with Gasteiger partial charge in [0.05, 0.1) is 5.75 Å². The molecule has 1 saturated heterocycles. The number of nitrogens with one attached hydrogen (secondary N) is 1. The van der Waals surface area contributed by atoms with Crippen molar-refractivity contribution >= 4 is 9.84 Å². The molecule has 0 aromatic rings. The Balaban J connectivity index is 2.13. The Hall–Kier alpha value is -0.130. The molecule has 0 aromatic heterocycles. The molecule has 0 atom stereocenters.